The third-order valence-electron chi connectivity index (χ3n) is 1.43. The zero-order chi connectivity index (χ0) is 8.27. The number of carbonyl (C=O) groups is 1. The van der Waals surface area contributed by atoms with Crippen molar-refractivity contribution in [3.05, 3.63) is 35.3 Å². The van der Waals surface area contributed by atoms with Crippen LogP contribution in [0.3, 0.4) is 0 Å². The van der Waals surface area contributed by atoms with E-state index in [-0.39, 0.29) is 11.5 Å². The molecule has 1 aromatic rings. The molecule has 0 amide bonds. The molecule has 3 heteroatoms. The molecule has 0 aliphatic rings. The lowest BCUT2D eigenvalue weighted by Crippen LogP contribution is -2.33. The first kappa shape index (κ1) is 7.72. The van der Waals surface area contributed by atoms with Crippen molar-refractivity contribution >= 4 is 5.78 Å². The molecule has 0 saturated carbocycles. The molecule has 0 bridgehead atoms. The van der Waals surface area contributed by atoms with E-state index in [4.69, 9.17) is 0 Å². The highest BCUT2D eigenvalue weighted by molar-refractivity contribution is 5.92. The van der Waals surface area contributed by atoms with Crippen LogP contribution in [0.2, 0.25) is 0 Å². The molecule has 58 valence electrons. The Morgan fingerprint density at radius 2 is 2.36 bits per heavy atom. The summed E-state index contributed by atoms with van der Waals surface area (Å²) in [7, 11) is 0. The highest BCUT2D eigenvalue weighted by atomic mass is 16.5. The van der Waals surface area contributed by atoms with E-state index in [1.54, 1.807) is 19.1 Å². The normalized spacial score (nSPS) is 9.55. The van der Waals surface area contributed by atoms with Crippen LogP contribution < -0.4 is 4.73 Å². The van der Waals surface area contributed by atoms with Gasteiger partial charge in [-0.05, 0) is 6.07 Å². The molecule has 1 heterocycles. The summed E-state index contributed by atoms with van der Waals surface area (Å²) >= 11 is 0. The average Bonchev–Trinajstić information content (AvgIpc) is 2.04. The number of aromatic nitrogens is 1. The third-order valence-corrected chi connectivity index (χ3v) is 1.43. The van der Waals surface area contributed by atoms with Gasteiger partial charge in [0.15, 0.2) is 6.20 Å². The summed E-state index contributed by atoms with van der Waals surface area (Å²) < 4.78 is 0.589. The fraction of sp³-hybridized carbons (Fsp3) is 0.250. The molecule has 1 rings (SSSR count). The maximum Gasteiger partial charge on any atom is 0.259 e. The summed E-state index contributed by atoms with van der Waals surface area (Å²) in [4.78, 5) is 11.0. The van der Waals surface area contributed by atoms with Crippen LogP contribution in [0.1, 0.15) is 23.8 Å². The van der Waals surface area contributed by atoms with Crippen LogP contribution >= 0.6 is 0 Å². The van der Waals surface area contributed by atoms with Gasteiger partial charge in [-0.25, -0.2) is 0 Å². The lowest BCUT2D eigenvalue weighted by molar-refractivity contribution is -0.607. The number of Topliss-reactive ketones (excluding diaryl/α,β-unsaturated/α-hetero) is 1. The number of hydrogen-bond acceptors (Lipinski definition) is 2. The Kier molecular flexibility index (Phi) is 2.21. The van der Waals surface area contributed by atoms with E-state index < -0.39 is 0 Å². The Bertz CT molecular complexity index is 271. The molecule has 11 heavy (non-hydrogen) atoms. The van der Waals surface area contributed by atoms with Crippen molar-refractivity contribution in [2.24, 2.45) is 0 Å². The molecule has 0 radical (unpaired) electrons. The van der Waals surface area contributed by atoms with E-state index in [0.717, 1.165) is 0 Å². The van der Waals surface area contributed by atoms with Crippen LogP contribution in [0.15, 0.2) is 24.4 Å². The van der Waals surface area contributed by atoms with Gasteiger partial charge in [-0.1, -0.05) is 6.92 Å². The number of pyridine rings is 1. The fourth-order valence-corrected chi connectivity index (χ4v) is 0.825. The Hall–Kier alpha value is -1.38. The van der Waals surface area contributed by atoms with Crippen LogP contribution in [-0.2, 0) is 0 Å². The van der Waals surface area contributed by atoms with E-state index in [2.05, 4.69) is 0 Å². The second kappa shape index (κ2) is 3.14. The van der Waals surface area contributed by atoms with Gasteiger partial charge in [0.2, 0.25) is 5.78 Å². The maximum absolute atomic E-state index is 11.0. The third kappa shape index (κ3) is 1.55. The molecule has 0 unspecified atom stereocenters. The van der Waals surface area contributed by atoms with Gasteiger partial charge in [0.05, 0.1) is 0 Å². The van der Waals surface area contributed by atoms with Gasteiger partial charge >= 0.3 is 0 Å². The quantitative estimate of drug-likeness (QED) is 0.358. The molecule has 0 N–H and O–H groups in total. The monoisotopic (exact) mass is 151 g/mol. The molecule has 3 nitrogen and oxygen atoms in total. The van der Waals surface area contributed by atoms with Crippen molar-refractivity contribution in [2.45, 2.75) is 13.3 Å². The first-order chi connectivity index (χ1) is 5.25. The molecule has 0 spiro atoms. The van der Waals surface area contributed by atoms with E-state index in [9.17, 15) is 10.0 Å². The lowest BCUT2D eigenvalue weighted by atomic mass is 10.2. The standard InChI is InChI=1S/C8H9NO2/c1-2-8(10)7-5-3-4-6-9(7)11/h3-6H,2H2,1H3. The van der Waals surface area contributed by atoms with Gasteiger partial charge in [-0.2, -0.15) is 4.73 Å². The molecule has 0 aliphatic carbocycles. The van der Waals surface area contributed by atoms with Gasteiger partial charge in [-0.15, -0.1) is 0 Å². The molecule has 0 atom stereocenters. The molecule has 0 fully saturated rings. The van der Waals surface area contributed by atoms with Crippen LogP contribution in [0, 0.1) is 5.21 Å². The fourth-order valence-electron chi connectivity index (χ4n) is 0.825. The minimum atomic E-state index is -0.124. The zero-order valence-corrected chi connectivity index (χ0v) is 6.28. The van der Waals surface area contributed by atoms with Crippen LogP contribution in [0.4, 0.5) is 0 Å². The van der Waals surface area contributed by atoms with Crippen LogP contribution in [0.5, 0.6) is 0 Å². The lowest BCUT2D eigenvalue weighted by Gasteiger charge is -1.99. The van der Waals surface area contributed by atoms with Crippen molar-refractivity contribution < 1.29 is 9.52 Å². The van der Waals surface area contributed by atoms with Crippen molar-refractivity contribution in [2.75, 3.05) is 0 Å². The van der Waals surface area contributed by atoms with E-state index in [0.29, 0.717) is 11.2 Å². The summed E-state index contributed by atoms with van der Waals surface area (Å²) in [5, 5.41) is 10.9. The highest BCUT2D eigenvalue weighted by Gasteiger charge is 2.11. The molecular weight excluding hydrogens is 142 g/mol. The second-order valence-corrected chi connectivity index (χ2v) is 2.19. The first-order valence-electron chi connectivity index (χ1n) is 3.47. The highest BCUT2D eigenvalue weighted by Crippen LogP contribution is 1.95. The van der Waals surface area contributed by atoms with E-state index in [1.165, 1.54) is 12.3 Å². The Labute approximate surface area is 64.9 Å². The van der Waals surface area contributed by atoms with E-state index >= 15 is 0 Å². The van der Waals surface area contributed by atoms with Crippen LogP contribution in [0.25, 0.3) is 0 Å². The maximum atomic E-state index is 11.0. The van der Waals surface area contributed by atoms with Gasteiger partial charge in [0.25, 0.3) is 5.69 Å². The average molecular weight is 151 g/mol. The number of nitrogens with zero attached hydrogens (tertiary/aromatic N) is 1. The zero-order valence-electron chi connectivity index (χ0n) is 6.28. The molecular formula is C8H9NO2. The summed E-state index contributed by atoms with van der Waals surface area (Å²) in [5.74, 6) is -0.124. The minimum absolute atomic E-state index is 0.124. The molecule has 1 aromatic heterocycles. The SMILES string of the molecule is CCC(=O)c1cccc[n+]1[O-]. The number of rotatable bonds is 2. The summed E-state index contributed by atoms with van der Waals surface area (Å²) in [6, 6.07) is 4.80. The number of carbonyl (C=O) groups excluding carboxylic acids is 1. The minimum Gasteiger partial charge on any atom is -0.618 e. The Balaban J connectivity index is 3.03. The van der Waals surface area contributed by atoms with Crippen molar-refractivity contribution in [3.63, 3.8) is 0 Å². The predicted molar refractivity (Wildman–Crippen MR) is 40.0 cm³/mol. The second-order valence-electron chi connectivity index (χ2n) is 2.19. The Morgan fingerprint density at radius 1 is 1.64 bits per heavy atom. The summed E-state index contributed by atoms with van der Waals surface area (Å²) in [5.41, 5.74) is 0.218. The van der Waals surface area contributed by atoms with Crippen LogP contribution in [-0.4, -0.2) is 5.78 Å². The predicted octanol–water partition coefficient (Wildman–Crippen LogP) is 0.913. The van der Waals surface area contributed by atoms with Crippen molar-refractivity contribution in [1.82, 2.24) is 0 Å². The first-order valence-corrected chi connectivity index (χ1v) is 3.47. The van der Waals surface area contributed by atoms with Gasteiger partial charge in [0.1, 0.15) is 0 Å². The number of ketones is 1. The van der Waals surface area contributed by atoms with Crippen molar-refractivity contribution in [3.8, 4) is 0 Å². The van der Waals surface area contributed by atoms with Gasteiger partial charge in [-0.3, -0.25) is 4.79 Å². The summed E-state index contributed by atoms with van der Waals surface area (Å²) in [6.45, 7) is 1.73. The number of hydrogen-bond donors (Lipinski definition) is 0. The topological polar surface area (TPSA) is 44.0 Å². The largest absolute Gasteiger partial charge is 0.618 e. The molecule has 0 aromatic carbocycles. The smallest absolute Gasteiger partial charge is 0.259 e. The molecule has 0 aliphatic heterocycles. The summed E-state index contributed by atoms with van der Waals surface area (Å²) in [6.07, 6.45) is 1.69. The van der Waals surface area contributed by atoms with Crippen molar-refractivity contribution in [1.29, 1.82) is 0 Å². The van der Waals surface area contributed by atoms with Gasteiger partial charge < -0.3 is 5.21 Å². The molecule has 0 saturated heterocycles. The van der Waals surface area contributed by atoms with E-state index in [1.807, 2.05) is 0 Å². The van der Waals surface area contributed by atoms with Gasteiger partial charge in [0, 0.05) is 18.6 Å². The Morgan fingerprint density at radius 3 is 2.91 bits per heavy atom.